The fourth-order valence-corrected chi connectivity index (χ4v) is 5.11. The normalized spacial score (nSPS) is 12.3. The molecule has 5 aromatic rings. The number of fused-ring (bicyclic) bond motifs is 1. The maximum Gasteiger partial charge on any atom is 0.416 e. The third-order valence-electron chi connectivity index (χ3n) is 7.66. The number of nitrogens with one attached hydrogen (secondary N) is 3. The lowest BCUT2D eigenvalue weighted by atomic mass is 10.1. The van der Waals surface area contributed by atoms with Crippen molar-refractivity contribution in [2.45, 2.75) is 32.6 Å². The number of hydrogen-bond donors (Lipinski definition) is 3. The van der Waals surface area contributed by atoms with E-state index in [1.54, 1.807) is 45.3 Å². The molecule has 2 amide bonds. The van der Waals surface area contributed by atoms with Crippen LogP contribution in [0, 0.1) is 12.7 Å². The van der Waals surface area contributed by atoms with Gasteiger partial charge >= 0.3 is 6.18 Å². The van der Waals surface area contributed by atoms with Gasteiger partial charge in [0.05, 0.1) is 35.6 Å². The lowest BCUT2D eigenvalue weighted by Crippen LogP contribution is -2.38. The summed E-state index contributed by atoms with van der Waals surface area (Å²) in [5.41, 5.74) is 0.584. The predicted molar refractivity (Wildman–Crippen MR) is 167 cm³/mol. The number of hydrogen-bond acceptors (Lipinski definition) is 5. The second-order valence-electron chi connectivity index (χ2n) is 10.8. The second kappa shape index (κ2) is 12.6. The van der Waals surface area contributed by atoms with Gasteiger partial charge in [0.2, 0.25) is 5.91 Å². The van der Waals surface area contributed by atoms with Gasteiger partial charge in [0.1, 0.15) is 5.82 Å². The zero-order valence-corrected chi connectivity index (χ0v) is 25.3. The van der Waals surface area contributed by atoms with E-state index in [1.807, 2.05) is 0 Å². The summed E-state index contributed by atoms with van der Waals surface area (Å²) < 4.78 is 59.4. The van der Waals surface area contributed by atoms with E-state index in [-0.39, 0.29) is 40.8 Å². The molecule has 1 atom stereocenters. The first-order valence-electron chi connectivity index (χ1n) is 14.2. The van der Waals surface area contributed by atoms with Gasteiger partial charge in [0, 0.05) is 35.4 Å². The Balaban J connectivity index is 1.70. The molecule has 3 N–H and O–H groups in total. The summed E-state index contributed by atoms with van der Waals surface area (Å²) >= 11 is 0. The van der Waals surface area contributed by atoms with E-state index in [0.29, 0.717) is 22.0 Å². The molecule has 46 heavy (non-hydrogen) atoms. The molecule has 5 rings (SSSR count). The Morgan fingerprint density at radius 3 is 2.48 bits per heavy atom. The summed E-state index contributed by atoms with van der Waals surface area (Å²) in [4.78, 5) is 43.0. The van der Waals surface area contributed by atoms with E-state index >= 15 is 0 Å². The van der Waals surface area contributed by atoms with Crippen molar-refractivity contribution in [2.75, 3.05) is 19.4 Å². The summed E-state index contributed by atoms with van der Waals surface area (Å²) in [5, 5.41) is 8.31. The van der Waals surface area contributed by atoms with Crippen LogP contribution in [0.3, 0.4) is 0 Å². The molecule has 9 nitrogen and oxygen atoms in total. The van der Waals surface area contributed by atoms with E-state index in [1.165, 1.54) is 52.7 Å². The van der Waals surface area contributed by atoms with Gasteiger partial charge < -0.3 is 20.5 Å². The van der Waals surface area contributed by atoms with Crippen LogP contribution in [-0.2, 0) is 17.5 Å². The van der Waals surface area contributed by atoms with Crippen molar-refractivity contribution in [1.82, 2.24) is 24.8 Å². The van der Waals surface area contributed by atoms with Crippen LogP contribution in [0.5, 0.6) is 0 Å². The average Bonchev–Trinajstić information content (AvgIpc) is 3.36. The molecule has 0 saturated carbocycles. The first-order chi connectivity index (χ1) is 21.8. The standard InChI is InChI=1S/C33H30F4N6O3/c1-18-16-42(27-9-8-24(34)14-26(18)27)25-11-20(10-23(13-25)33(35,36)37)17-43-28(21-6-5-7-22(12-21)31(45)39-4)15-40-29(32(43)46)41-30(44)19(2)38-3/h5-16,19,38H,17H2,1-4H3,(H,39,45)(H,40,41,44)/t19-/m0/s1. The Labute approximate surface area is 260 Å². The smallest absolute Gasteiger partial charge is 0.355 e. The van der Waals surface area contributed by atoms with E-state index < -0.39 is 35.1 Å². The molecule has 0 aliphatic rings. The largest absolute Gasteiger partial charge is 0.416 e. The number of carbonyl (C=O) groups is 2. The highest BCUT2D eigenvalue weighted by molar-refractivity contribution is 5.95. The van der Waals surface area contributed by atoms with Crippen molar-refractivity contribution in [3.05, 3.63) is 111 Å². The minimum atomic E-state index is -4.73. The van der Waals surface area contributed by atoms with Crippen LogP contribution in [0.2, 0.25) is 0 Å². The minimum absolute atomic E-state index is 0.115. The molecule has 0 spiro atoms. The topological polar surface area (TPSA) is 110 Å². The third kappa shape index (κ3) is 6.40. The molecule has 0 aliphatic carbocycles. The molecule has 3 aromatic carbocycles. The molecule has 0 radical (unpaired) electrons. The summed E-state index contributed by atoms with van der Waals surface area (Å²) in [7, 11) is 3.03. The monoisotopic (exact) mass is 634 g/mol. The highest BCUT2D eigenvalue weighted by Gasteiger charge is 2.32. The number of alkyl halides is 3. The fraction of sp³-hybridized carbons (Fsp3) is 0.212. The van der Waals surface area contributed by atoms with E-state index in [9.17, 15) is 31.9 Å². The summed E-state index contributed by atoms with van der Waals surface area (Å²) in [5.74, 6) is -1.72. The van der Waals surface area contributed by atoms with Crippen LogP contribution in [0.15, 0.2) is 77.9 Å². The maximum absolute atomic E-state index is 14.2. The van der Waals surface area contributed by atoms with Gasteiger partial charge in [-0.05, 0) is 80.6 Å². The van der Waals surface area contributed by atoms with Gasteiger partial charge in [-0.2, -0.15) is 13.2 Å². The lowest BCUT2D eigenvalue weighted by Gasteiger charge is -2.18. The van der Waals surface area contributed by atoms with Crippen LogP contribution in [-0.4, -0.2) is 46.1 Å². The van der Waals surface area contributed by atoms with Gasteiger partial charge in [-0.15, -0.1) is 0 Å². The average molecular weight is 635 g/mol. The molecule has 0 aliphatic heterocycles. The quantitative estimate of drug-likeness (QED) is 0.202. The van der Waals surface area contributed by atoms with Gasteiger partial charge in [-0.3, -0.25) is 19.0 Å². The van der Waals surface area contributed by atoms with Crippen LogP contribution in [0.1, 0.15) is 34.0 Å². The molecule has 0 bridgehead atoms. The number of aryl methyl sites for hydroxylation is 1. The zero-order chi connectivity index (χ0) is 33.3. The Hall–Kier alpha value is -5.30. The Bertz CT molecular complexity index is 2030. The van der Waals surface area contributed by atoms with Crippen molar-refractivity contribution in [3.8, 4) is 16.9 Å². The van der Waals surface area contributed by atoms with Crippen LogP contribution in [0.25, 0.3) is 27.8 Å². The predicted octanol–water partition coefficient (Wildman–Crippen LogP) is 5.27. The van der Waals surface area contributed by atoms with Gasteiger partial charge in [0.15, 0.2) is 5.82 Å². The van der Waals surface area contributed by atoms with E-state index in [4.69, 9.17) is 0 Å². The molecule has 0 fully saturated rings. The van der Waals surface area contributed by atoms with Crippen molar-refractivity contribution in [3.63, 3.8) is 0 Å². The third-order valence-corrected chi connectivity index (χ3v) is 7.66. The van der Waals surface area contributed by atoms with E-state index in [0.717, 1.165) is 12.1 Å². The molecule has 0 saturated heterocycles. The minimum Gasteiger partial charge on any atom is -0.355 e. The number of halogens is 4. The lowest BCUT2D eigenvalue weighted by molar-refractivity contribution is -0.137. The van der Waals surface area contributed by atoms with Crippen molar-refractivity contribution in [2.24, 2.45) is 0 Å². The molecule has 2 heterocycles. The molecular weight excluding hydrogens is 604 g/mol. The number of amides is 2. The van der Waals surface area contributed by atoms with Gasteiger partial charge in [0.25, 0.3) is 11.5 Å². The van der Waals surface area contributed by atoms with Crippen molar-refractivity contribution < 1.29 is 27.2 Å². The van der Waals surface area contributed by atoms with E-state index in [2.05, 4.69) is 20.9 Å². The van der Waals surface area contributed by atoms with Gasteiger partial charge in [-0.1, -0.05) is 12.1 Å². The molecule has 2 aromatic heterocycles. The number of anilines is 1. The van der Waals surface area contributed by atoms with Crippen LogP contribution in [0.4, 0.5) is 23.4 Å². The molecule has 13 heteroatoms. The maximum atomic E-state index is 14.2. The molecular formula is C33H30F4N6O3. The van der Waals surface area contributed by atoms with Crippen molar-refractivity contribution in [1.29, 1.82) is 0 Å². The molecule has 0 unspecified atom stereocenters. The van der Waals surface area contributed by atoms with Crippen LogP contribution >= 0.6 is 0 Å². The summed E-state index contributed by atoms with van der Waals surface area (Å²) in [6.45, 7) is 2.96. The number of aromatic nitrogens is 3. The highest BCUT2D eigenvalue weighted by Crippen LogP contribution is 2.34. The summed E-state index contributed by atoms with van der Waals surface area (Å²) in [6.07, 6.45) is -1.80. The first kappa shape index (κ1) is 32.1. The second-order valence-corrected chi connectivity index (χ2v) is 10.8. The number of carbonyl (C=O) groups excluding carboxylic acids is 2. The zero-order valence-electron chi connectivity index (χ0n) is 25.3. The number of nitrogens with zero attached hydrogens (tertiary/aromatic N) is 3. The fourth-order valence-electron chi connectivity index (χ4n) is 5.11. The number of rotatable bonds is 8. The molecule has 238 valence electrons. The first-order valence-corrected chi connectivity index (χ1v) is 14.2. The van der Waals surface area contributed by atoms with Crippen LogP contribution < -0.4 is 21.5 Å². The summed E-state index contributed by atoms with van der Waals surface area (Å²) in [6, 6.07) is 13.1. The highest BCUT2D eigenvalue weighted by atomic mass is 19.4. The Morgan fingerprint density at radius 2 is 1.78 bits per heavy atom. The Morgan fingerprint density at radius 1 is 1.02 bits per heavy atom. The van der Waals surface area contributed by atoms with Gasteiger partial charge in [-0.25, -0.2) is 9.37 Å². The van der Waals surface area contributed by atoms with Crippen molar-refractivity contribution >= 4 is 28.5 Å². The number of likely N-dealkylation sites (N-methyl/N-ethyl adjacent to an activating group) is 1. The Kier molecular flexibility index (Phi) is 8.79. The number of benzene rings is 3. The SMILES string of the molecule is CNC(=O)c1cccc(-c2cnc(NC(=O)[C@H](C)NC)c(=O)n2Cc2cc(-n3cc(C)c4cc(F)ccc43)cc(C(F)(F)F)c2)c1.